The zero-order chi connectivity index (χ0) is 16.6. The van der Waals surface area contributed by atoms with E-state index in [0.29, 0.717) is 13.0 Å². The van der Waals surface area contributed by atoms with Gasteiger partial charge in [0.25, 0.3) is 5.91 Å². The molecule has 1 aliphatic carbocycles. The topological polar surface area (TPSA) is 58.6 Å². The predicted molar refractivity (Wildman–Crippen MR) is 90.5 cm³/mol. The smallest absolute Gasteiger partial charge is 0.253 e. The van der Waals surface area contributed by atoms with Gasteiger partial charge in [0.05, 0.1) is 13.2 Å². The van der Waals surface area contributed by atoms with Crippen molar-refractivity contribution in [1.82, 2.24) is 5.32 Å². The zero-order valence-corrected chi connectivity index (χ0v) is 13.5. The number of carbonyl (C=O) groups excluding carboxylic acids is 1. The molecule has 4 heteroatoms. The van der Waals surface area contributed by atoms with Crippen molar-refractivity contribution < 1.29 is 14.6 Å². The molecule has 1 aliphatic heterocycles. The van der Waals surface area contributed by atoms with E-state index in [1.54, 1.807) is 0 Å². The minimum atomic E-state index is -0.986. The second-order valence-corrected chi connectivity index (χ2v) is 6.61. The Kier molecular flexibility index (Phi) is 3.87. The molecule has 2 N–H and O–H groups in total. The first kappa shape index (κ1) is 15.4. The van der Waals surface area contributed by atoms with Gasteiger partial charge < -0.3 is 15.2 Å². The van der Waals surface area contributed by atoms with Gasteiger partial charge in [-0.25, -0.2) is 0 Å². The lowest BCUT2D eigenvalue weighted by molar-refractivity contribution is -0.135. The standard InChI is InChI=1S/C20H21NO3/c22-19(18-16-7-3-1-5-14(16)10-12-24-18)21-13-20(23)11-9-15-6-2-4-8-17(15)20/h1-8,18,23H,9-13H2,(H,21,22). The Balaban J connectivity index is 1.49. The SMILES string of the molecule is O=C(NCC1(O)CCc2ccccc21)C1OCCc2ccccc21. The van der Waals surface area contributed by atoms with Crippen LogP contribution in [0.4, 0.5) is 0 Å². The summed E-state index contributed by atoms with van der Waals surface area (Å²) >= 11 is 0. The Morgan fingerprint density at radius 2 is 1.88 bits per heavy atom. The number of aliphatic hydroxyl groups is 1. The fraction of sp³-hybridized carbons (Fsp3) is 0.350. The van der Waals surface area contributed by atoms with Crippen LogP contribution in [-0.4, -0.2) is 24.2 Å². The summed E-state index contributed by atoms with van der Waals surface area (Å²) in [5.41, 5.74) is 3.19. The molecule has 2 unspecified atom stereocenters. The summed E-state index contributed by atoms with van der Waals surface area (Å²) < 4.78 is 5.69. The molecule has 124 valence electrons. The van der Waals surface area contributed by atoms with E-state index in [0.717, 1.165) is 35.1 Å². The third kappa shape index (κ3) is 2.62. The van der Waals surface area contributed by atoms with Gasteiger partial charge >= 0.3 is 0 Å². The number of aryl methyl sites for hydroxylation is 1. The molecule has 4 nitrogen and oxygen atoms in total. The average molecular weight is 323 g/mol. The third-order valence-corrected chi connectivity index (χ3v) is 5.11. The van der Waals surface area contributed by atoms with E-state index in [4.69, 9.17) is 4.74 Å². The lowest BCUT2D eigenvalue weighted by Crippen LogP contribution is -2.42. The van der Waals surface area contributed by atoms with Crippen LogP contribution in [0.5, 0.6) is 0 Å². The largest absolute Gasteiger partial charge is 0.383 e. The lowest BCUT2D eigenvalue weighted by atomic mass is 9.94. The molecule has 1 heterocycles. The van der Waals surface area contributed by atoms with E-state index in [2.05, 4.69) is 5.32 Å². The van der Waals surface area contributed by atoms with Crippen LogP contribution in [0.2, 0.25) is 0 Å². The molecule has 2 atom stereocenters. The van der Waals surface area contributed by atoms with Crippen molar-refractivity contribution >= 4 is 5.91 Å². The Labute approximate surface area is 141 Å². The molecule has 2 aromatic rings. The van der Waals surface area contributed by atoms with Crippen LogP contribution in [0.1, 0.15) is 34.8 Å². The van der Waals surface area contributed by atoms with Gasteiger partial charge in [-0.15, -0.1) is 0 Å². The Bertz CT molecular complexity index is 773. The van der Waals surface area contributed by atoms with Crippen molar-refractivity contribution in [3.63, 3.8) is 0 Å². The monoisotopic (exact) mass is 323 g/mol. The maximum atomic E-state index is 12.6. The number of carbonyl (C=O) groups is 1. The van der Waals surface area contributed by atoms with Crippen molar-refractivity contribution in [2.45, 2.75) is 31.0 Å². The molecule has 2 aliphatic rings. The van der Waals surface area contributed by atoms with Crippen LogP contribution in [0.15, 0.2) is 48.5 Å². The zero-order valence-electron chi connectivity index (χ0n) is 13.5. The van der Waals surface area contributed by atoms with Crippen molar-refractivity contribution in [3.05, 3.63) is 70.8 Å². The van der Waals surface area contributed by atoms with Crippen LogP contribution >= 0.6 is 0 Å². The normalized spacial score (nSPS) is 25.0. The number of hydrogen-bond donors (Lipinski definition) is 2. The van der Waals surface area contributed by atoms with Crippen molar-refractivity contribution in [2.75, 3.05) is 13.2 Å². The second kappa shape index (κ2) is 6.04. The maximum absolute atomic E-state index is 12.6. The number of amides is 1. The first-order valence-electron chi connectivity index (χ1n) is 8.45. The van der Waals surface area contributed by atoms with Gasteiger partial charge in [0.15, 0.2) is 6.10 Å². The maximum Gasteiger partial charge on any atom is 0.253 e. The minimum absolute atomic E-state index is 0.181. The first-order valence-corrected chi connectivity index (χ1v) is 8.45. The summed E-state index contributed by atoms with van der Waals surface area (Å²) in [5, 5.41) is 13.8. The number of rotatable bonds is 3. The molecule has 0 bridgehead atoms. The highest BCUT2D eigenvalue weighted by molar-refractivity contribution is 5.83. The number of ether oxygens (including phenoxy) is 1. The van der Waals surface area contributed by atoms with Gasteiger partial charge in [-0.05, 0) is 41.5 Å². The highest BCUT2D eigenvalue weighted by atomic mass is 16.5. The highest BCUT2D eigenvalue weighted by Gasteiger charge is 2.37. The van der Waals surface area contributed by atoms with Gasteiger partial charge in [-0.2, -0.15) is 0 Å². The van der Waals surface area contributed by atoms with Gasteiger partial charge in [-0.1, -0.05) is 48.5 Å². The second-order valence-electron chi connectivity index (χ2n) is 6.61. The summed E-state index contributed by atoms with van der Waals surface area (Å²) in [5.74, 6) is -0.181. The van der Waals surface area contributed by atoms with E-state index < -0.39 is 11.7 Å². The number of benzene rings is 2. The quantitative estimate of drug-likeness (QED) is 0.911. The molecule has 4 rings (SSSR count). The third-order valence-electron chi connectivity index (χ3n) is 5.11. The summed E-state index contributed by atoms with van der Waals surface area (Å²) in [7, 11) is 0. The molecular weight excluding hydrogens is 302 g/mol. The van der Waals surface area contributed by atoms with Crippen molar-refractivity contribution in [1.29, 1.82) is 0 Å². The minimum Gasteiger partial charge on any atom is -0.383 e. The Morgan fingerprint density at radius 3 is 2.75 bits per heavy atom. The van der Waals surface area contributed by atoms with E-state index >= 15 is 0 Å². The predicted octanol–water partition coefficient (Wildman–Crippen LogP) is 2.25. The molecule has 0 aromatic heterocycles. The summed E-state index contributed by atoms with van der Waals surface area (Å²) in [4.78, 5) is 12.6. The number of hydrogen-bond acceptors (Lipinski definition) is 3. The van der Waals surface area contributed by atoms with Crippen LogP contribution in [-0.2, 0) is 28.0 Å². The van der Waals surface area contributed by atoms with Crippen molar-refractivity contribution in [2.24, 2.45) is 0 Å². The summed E-state index contributed by atoms with van der Waals surface area (Å²) in [6.45, 7) is 0.757. The summed E-state index contributed by atoms with van der Waals surface area (Å²) in [6, 6.07) is 15.8. The fourth-order valence-corrected chi connectivity index (χ4v) is 3.79. The molecule has 0 radical (unpaired) electrons. The first-order chi connectivity index (χ1) is 11.7. The van der Waals surface area contributed by atoms with Crippen LogP contribution in [0.3, 0.4) is 0 Å². The molecule has 1 amide bonds. The number of nitrogens with one attached hydrogen (secondary N) is 1. The Morgan fingerprint density at radius 1 is 1.12 bits per heavy atom. The van der Waals surface area contributed by atoms with Crippen molar-refractivity contribution in [3.8, 4) is 0 Å². The molecular formula is C20H21NO3. The van der Waals surface area contributed by atoms with Gasteiger partial charge in [0, 0.05) is 0 Å². The van der Waals surface area contributed by atoms with E-state index in [1.165, 1.54) is 0 Å². The lowest BCUT2D eigenvalue weighted by Gasteiger charge is -2.28. The highest BCUT2D eigenvalue weighted by Crippen LogP contribution is 2.36. The average Bonchev–Trinajstić information content (AvgIpc) is 2.97. The van der Waals surface area contributed by atoms with Crippen LogP contribution in [0.25, 0.3) is 0 Å². The van der Waals surface area contributed by atoms with E-state index in [1.807, 2.05) is 48.5 Å². The molecule has 0 saturated heterocycles. The van der Waals surface area contributed by atoms with Crippen LogP contribution < -0.4 is 5.32 Å². The molecule has 0 saturated carbocycles. The van der Waals surface area contributed by atoms with Gasteiger partial charge in [0.2, 0.25) is 0 Å². The molecule has 2 aromatic carbocycles. The van der Waals surface area contributed by atoms with Gasteiger partial charge in [0.1, 0.15) is 5.60 Å². The van der Waals surface area contributed by atoms with Crippen LogP contribution in [0, 0.1) is 0 Å². The Hall–Kier alpha value is -2.17. The number of fused-ring (bicyclic) bond motifs is 2. The molecule has 0 spiro atoms. The molecule has 0 fully saturated rings. The summed E-state index contributed by atoms with van der Waals surface area (Å²) in [6.07, 6.45) is 1.72. The molecule has 24 heavy (non-hydrogen) atoms. The van der Waals surface area contributed by atoms with Gasteiger partial charge in [-0.3, -0.25) is 4.79 Å². The fourth-order valence-electron chi connectivity index (χ4n) is 3.79. The van der Waals surface area contributed by atoms with E-state index in [-0.39, 0.29) is 12.5 Å². The van der Waals surface area contributed by atoms with E-state index in [9.17, 15) is 9.90 Å².